The average molecular weight is 170 g/mol. The fraction of sp³-hybridized carbons (Fsp3) is 0.231. The van der Waals surface area contributed by atoms with Gasteiger partial charge in [-0.3, -0.25) is 0 Å². The van der Waals surface area contributed by atoms with E-state index in [1.165, 1.54) is 11.1 Å². The molecule has 0 heteroatoms. The van der Waals surface area contributed by atoms with E-state index >= 15 is 0 Å². The van der Waals surface area contributed by atoms with Crippen molar-refractivity contribution >= 4 is 5.57 Å². The van der Waals surface area contributed by atoms with Gasteiger partial charge in [0.05, 0.1) is 0 Å². The summed E-state index contributed by atoms with van der Waals surface area (Å²) >= 11 is 0. The molecular formula is C13H14. The van der Waals surface area contributed by atoms with Gasteiger partial charge in [-0.25, -0.2) is 0 Å². The molecular weight excluding hydrogens is 156 g/mol. The van der Waals surface area contributed by atoms with Crippen molar-refractivity contribution in [3.8, 4) is 12.3 Å². The zero-order chi connectivity index (χ0) is 9.68. The number of hydrogen-bond donors (Lipinski definition) is 0. The van der Waals surface area contributed by atoms with E-state index in [-0.39, 0.29) is 0 Å². The maximum atomic E-state index is 5.19. The van der Waals surface area contributed by atoms with E-state index < -0.39 is 0 Å². The van der Waals surface area contributed by atoms with Crippen molar-refractivity contribution in [3.63, 3.8) is 0 Å². The van der Waals surface area contributed by atoms with Crippen molar-refractivity contribution in [2.75, 3.05) is 0 Å². The number of aryl methyl sites for hydroxylation is 1. The molecule has 0 radical (unpaired) electrons. The molecule has 0 amide bonds. The molecule has 0 bridgehead atoms. The summed E-state index contributed by atoms with van der Waals surface area (Å²) in [5.74, 6) is 2.62. The molecule has 0 spiro atoms. The average Bonchev–Trinajstić information content (AvgIpc) is 2.15. The lowest BCUT2D eigenvalue weighted by Gasteiger charge is -2.03. The van der Waals surface area contributed by atoms with E-state index in [1.807, 2.05) is 0 Å². The predicted octanol–water partition coefficient (Wildman–Crippen LogP) is 3.42. The second-order valence-electron chi connectivity index (χ2n) is 3.17. The van der Waals surface area contributed by atoms with Gasteiger partial charge in [-0.2, -0.15) is 0 Å². The Balaban J connectivity index is 2.68. The predicted molar refractivity (Wildman–Crippen MR) is 58.3 cm³/mol. The molecule has 13 heavy (non-hydrogen) atoms. The summed E-state index contributed by atoms with van der Waals surface area (Å²) in [6.45, 7) is 6.07. The number of allylic oxidation sites excluding steroid dienone is 1. The summed E-state index contributed by atoms with van der Waals surface area (Å²) in [4.78, 5) is 0. The van der Waals surface area contributed by atoms with Gasteiger partial charge in [0.1, 0.15) is 0 Å². The Morgan fingerprint density at radius 1 is 1.38 bits per heavy atom. The largest absolute Gasteiger partial charge is 0.120 e. The topological polar surface area (TPSA) is 0 Å². The van der Waals surface area contributed by atoms with Crippen molar-refractivity contribution in [2.24, 2.45) is 0 Å². The SMILES string of the molecule is C#CCCC(=C)c1ccc(C)cc1. The molecule has 1 aromatic carbocycles. The van der Waals surface area contributed by atoms with E-state index in [0.29, 0.717) is 0 Å². The molecule has 0 saturated carbocycles. The Morgan fingerprint density at radius 3 is 2.54 bits per heavy atom. The second-order valence-corrected chi connectivity index (χ2v) is 3.17. The molecule has 0 nitrogen and oxygen atoms in total. The summed E-state index contributed by atoms with van der Waals surface area (Å²) in [5, 5.41) is 0. The molecule has 66 valence electrons. The lowest BCUT2D eigenvalue weighted by atomic mass is 10.0. The zero-order valence-electron chi connectivity index (χ0n) is 8.01. The Kier molecular flexibility index (Phi) is 3.34. The molecule has 0 heterocycles. The normalized spacial score (nSPS) is 9.23. The minimum Gasteiger partial charge on any atom is -0.120 e. The van der Waals surface area contributed by atoms with Crippen LogP contribution in [0, 0.1) is 19.3 Å². The van der Waals surface area contributed by atoms with Crippen LogP contribution < -0.4 is 0 Å². The highest BCUT2D eigenvalue weighted by Gasteiger charge is 1.96. The van der Waals surface area contributed by atoms with E-state index in [9.17, 15) is 0 Å². The van der Waals surface area contributed by atoms with Crippen LogP contribution in [0.1, 0.15) is 24.0 Å². The molecule has 1 rings (SSSR count). The lowest BCUT2D eigenvalue weighted by Crippen LogP contribution is -1.82. The van der Waals surface area contributed by atoms with Gasteiger partial charge in [0.2, 0.25) is 0 Å². The number of terminal acetylenes is 1. The summed E-state index contributed by atoms with van der Waals surface area (Å²) in [5.41, 5.74) is 3.59. The standard InChI is InChI=1S/C13H14/c1-4-5-6-12(3)13-9-7-11(2)8-10-13/h1,7-10H,3,5-6H2,2H3. The van der Waals surface area contributed by atoms with Gasteiger partial charge in [-0.05, 0) is 24.5 Å². The summed E-state index contributed by atoms with van der Waals surface area (Å²) in [6.07, 6.45) is 6.85. The first-order chi connectivity index (χ1) is 6.24. The monoisotopic (exact) mass is 170 g/mol. The van der Waals surface area contributed by atoms with Crippen LogP contribution in [0.2, 0.25) is 0 Å². The van der Waals surface area contributed by atoms with Crippen LogP contribution in [0.3, 0.4) is 0 Å². The molecule has 0 atom stereocenters. The van der Waals surface area contributed by atoms with Crippen LogP contribution in [0.15, 0.2) is 30.8 Å². The fourth-order valence-corrected chi connectivity index (χ4v) is 1.16. The van der Waals surface area contributed by atoms with Crippen LogP contribution >= 0.6 is 0 Å². The molecule has 0 N–H and O–H groups in total. The van der Waals surface area contributed by atoms with E-state index in [4.69, 9.17) is 6.42 Å². The highest BCUT2D eigenvalue weighted by atomic mass is 14.0. The van der Waals surface area contributed by atoms with Crippen molar-refractivity contribution < 1.29 is 0 Å². The quantitative estimate of drug-likeness (QED) is 0.610. The summed E-state index contributed by atoms with van der Waals surface area (Å²) < 4.78 is 0. The molecule has 0 aliphatic carbocycles. The first-order valence-corrected chi connectivity index (χ1v) is 4.42. The number of hydrogen-bond acceptors (Lipinski definition) is 0. The van der Waals surface area contributed by atoms with Gasteiger partial charge < -0.3 is 0 Å². The summed E-state index contributed by atoms with van der Waals surface area (Å²) in [6, 6.07) is 8.37. The van der Waals surface area contributed by atoms with Gasteiger partial charge in [0.25, 0.3) is 0 Å². The third-order valence-corrected chi connectivity index (χ3v) is 2.03. The number of rotatable bonds is 3. The van der Waals surface area contributed by atoms with Crippen molar-refractivity contribution in [1.82, 2.24) is 0 Å². The van der Waals surface area contributed by atoms with Crippen LogP contribution in [-0.2, 0) is 0 Å². The molecule has 0 unspecified atom stereocenters. The zero-order valence-corrected chi connectivity index (χ0v) is 8.01. The minimum absolute atomic E-state index is 0.771. The van der Waals surface area contributed by atoms with Crippen LogP contribution in [-0.4, -0.2) is 0 Å². The Hall–Kier alpha value is -1.48. The van der Waals surface area contributed by atoms with Gasteiger partial charge >= 0.3 is 0 Å². The fourth-order valence-electron chi connectivity index (χ4n) is 1.16. The molecule has 0 fully saturated rings. The minimum atomic E-state index is 0.771. The van der Waals surface area contributed by atoms with Crippen LogP contribution in [0.5, 0.6) is 0 Å². The Morgan fingerprint density at radius 2 is 2.00 bits per heavy atom. The highest BCUT2D eigenvalue weighted by molar-refractivity contribution is 5.63. The molecule has 0 aromatic heterocycles. The van der Waals surface area contributed by atoms with Gasteiger partial charge in [-0.15, -0.1) is 12.3 Å². The lowest BCUT2D eigenvalue weighted by molar-refractivity contribution is 1.11. The molecule has 1 aromatic rings. The van der Waals surface area contributed by atoms with Crippen LogP contribution in [0.25, 0.3) is 5.57 Å². The Bertz CT molecular complexity index is 322. The maximum Gasteiger partial charge on any atom is 0.0127 e. The Labute approximate surface area is 80.3 Å². The van der Waals surface area contributed by atoms with Crippen molar-refractivity contribution in [1.29, 1.82) is 0 Å². The third-order valence-electron chi connectivity index (χ3n) is 2.03. The van der Waals surface area contributed by atoms with Gasteiger partial charge in [-0.1, -0.05) is 36.4 Å². The van der Waals surface area contributed by atoms with Crippen LogP contribution in [0.4, 0.5) is 0 Å². The van der Waals surface area contributed by atoms with E-state index in [0.717, 1.165) is 18.4 Å². The maximum absolute atomic E-state index is 5.19. The molecule has 0 aliphatic rings. The first-order valence-electron chi connectivity index (χ1n) is 4.42. The number of benzene rings is 1. The summed E-state index contributed by atoms with van der Waals surface area (Å²) in [7, 11) is 0. The van der Waals surface area contributed by atoms with Crippen molar-refractivity contribution in [3.05, 3.63) is 42.0 Å². The molecule has 0 saturated heterocycles. The molecule has 0 aliphatic heterocycles. The second kappa shape index (κ2) is 4.52. The van der Waals surface area contributed by atoms with Gasteiger partial charge in [0, 0.05) is 6.42 Å². The third kappa shape index (κ3) is 2.80. The van der Waals surface area contributed by atoms with E-state index in [2.05, 4.69) is 43.7 Å². The van der Waals surface area contributed by atoms with E-state index in [1.54, 1.807) is 0 Å². The first kappa shape index (κ1) is 9.61. The smallest absolute Gasteiger partial charge is 0.0127 e. The van der Waals surface area contributed by atoms with Gasteiger partial charge in [0.15, 0.2) is 0 Å². The van der Waals surface area contributed by atoms with Crippen molar-refractivity contribution in [2.45, 2.75) is 19.8 Å². The highest BCUT2D eigenvalue weighted by Crippen LogP contribution is 2.17.